The third kappa shape index (κ3) is 4.11. The topological polar surface area (TPSA) is 56.6 Å². The molecule has 0 fully saturated rings. The Kier molecular flexibility index (Phi) is 5.68. The molecule has 2 rings (SSSR count). The summed E-state index contributed by atoms with van der Waals surface area (Å²) in [7, 11) is 0. The summed E-state index contributed by atoms with van der Waals surface area (Å²) in [6.07, 6.45) is 1.08. The van der Waals surface area contributed by atoms with E-state index in [1.54, 1.807) is 11.3 Å². The number of hydrogen-bond donors (Lipinski definition) is 3. The molecule has 2 heterocycles. The van der Waals surface area contributed by atoms with Gasteiger partial charge in [-0.15, -0.1) is 35.3 Å². The highest BCUT2D eigenvalue weighted by Crippen LogP contribution is 2.24. The van der Waals surface area contributed by atoms with Gasteiger partial charge in [0.2, 0.25) is 0 Å². The molecule has 17 heavy (non-hydrogen) atoms. The van der Waals surface area contributed by atoms with Crippen LogP contribution < -0.4 is 10.6 Å². The lowest BCUT2D eigenvalue weighted by molar-refractivity contribution is 0.0655. The van der Waals surface area contributed by atoms with Crippen LogP contribution in [0.4, 0.5) is 0 Å². The van der Waals surface area contributed by atoms with Gasteiger partial charge >= 0.3 is 0 Å². The molecule has 1 aromatic rings. The van der Waals surface area contributed by atoms with E-state index in [2.05, 4.69) is 15.6 Å². The Morgan fingerprint density at radius 3 is 3.06 bits per heavy atom. The largest absolute Gasteiger partial charge is 0.383 e. The number of hydrogen-bond acceptors (Lipinski definition) is 5. The summed E-state index contributed by atoms with van der Waals surface area (Å²) in [6, 6.07) is 3.90. The molecule has 0 aliphatic carbocycles. The lowest BCUT2D eigenvalue weighted by Crippen LogP contribution is -2.46. The molecule has 1 aromatic heterocycles. The molecule has 0 saturated carbocycles. The summed E-state index contributed by atoms with van der Waals surface area (Å²) >= 11 is 1.57. The van der Waals surface area contributed by atoms with Crippen LogP contribution in [-0.4, -0.2) is 30.7 Å². The minimum Gasteiger partial charge on any atom is -0.383 e. The van der Waals surface area contributed by atoms with Gasteiger partial charge in [-0.1, -0.05) is 6.07 Å². The predicted molar refractivity (Wildman–Crippen MR) is 82.2 cm³/mol. The highest BCUT2D eigenvalue weighted by Gasteiger charge is 2.24. The van der Waals surface area contributed by atoms with Crippen molar-refractivity contribution in [3.8, 4) is 0 Å². The Balaban J connectivity index is 0.00000144. The Bertz CT molecular complexity index is 365. The van der Waals surface area contributed by atoms with Crippen LogP contribution in [0.1, 0.15) is 18.2 Å². The highest BCUT2D eigenvalue weighted by molar-refractivity contribution is 14.0. The Labute approximate surface area is 123 Å². The number of rotatable bonds is 3. The lowest BCUT2D eigenvalue weighted by atomic mass is 10.1. The predicted octanol–water partition coefficient (Wildman–Crippen LogP) is 1.51. The molecule has 6 heteroatoms. The SMILES string of the molecule is CC(O)(CNC1=NCCCN1)c1cccs1.I. The van der Waals surface area contributed by atoms with Gasteiger partial charge < -0.3 is 15.7 Å². The smallest absolute Gasteiger partial charge is 0.191 e. The van der Waals surface area contributed by atoms with Gasteiger partial charge in [-0.2, -0.15) is 0 Å². The van der Waals surface area contributed by atoms with Crippen molar-refractivity contribution in [3.63, 3.8) is 0 Å². The zero-order valence-corrected chi connectivity index (χ0v) is 12.9. The molecule has 0 spiro atoms. The molecule has 1 unspecified atom stereocenters. The number of aliphatic hydroxyl groups is 1. The monoisotopic (exact) mass is 367 g/mol. The van der Waals surface area contributed by atoms with Crippen molar-refractivity contribution >= 4 is 41.3 Å². The molecule has 4 nitrogen and oxygen atoms in total. The van der Waals surface area contributed by atoms with Crippen LogP contribution in [0.3, 0.4) is 0 Å². The summed E-state index contributed by atoms with van der Waals surface area (Å²) < 4.78 is 0. The standard InChI is InChI=1S/C11H17N3OS.HI/c1-11(15,9-4-2-7-16-9)8-14-10-12-5-3-6-13-10;/h2,4,7,15H,3,5-6,8H2,1H3,(H2,12,13,14);1H. The number of halogens is 1. The van der Waals surface area contributed by atoms with E-state index in [0.29, 0.717) is 6.54 Å². The van der Waals surface area contributed by atoms with E-state index in [4.69, 9.17) is 0 Å². The van der Waals surface area contributed by atoms with Gasteiger partial charge in [0, 0.05) is 18.0 Å². The summed E-state index contributed by atoms with van der Waals surface area (Å²) in [4.78, 5) is 5.27. The minimum absolute atomic E-state index is 0. The fourth-order valence-electron chi connectivity index (χ4n) is 1.58. The van der Waals surface area contributed by atoms with Crippen molar-refractivity contribution in [1.82, 2.24) is 10.6 Å². The summed E-state index contributed by atoms with van der Waals surface area (Å²) in [6.45, 7) is 4.10. The van der Waals surface area contributed by atoms with Crippen molar-refractivity contribution in [2.45, 2.75) is 18.9 Å². The van der Waals surface area contributed by atoms with Crippen molar-refractivity contribution in [1.29, 1.82) is 0 Å². The zero-order chi connectivity index (χ0) is 11.4. The number of nitrogens with one attached hydrogen (secondary N) is 2. The van der Waals surface area contributed by atoms with Crippen LogP contribution >= 0.6 is 35.3 Å². The van der Waals surface area contributed by atoms with Gasteiger partial charge in [0.25, 0.3) is 0 Å². The van der Waals surface area contributed by atoms with Crippen molar-refractivity contribution in [2.24, 2.45) is 4.99 Å². The second-order valence-corrected chi connectivity index (χ2v) is 5.06. The van der Waals surface area contributed by atoms with E-state index in [1.165, 1.54) is 0 Å². The van der Waals surface area contributed by atoms with E-state index >= 15 is 0 Å². The van der Waals surface area contributed by atoms with Crippen LogP contribution in [0.2, 0.25) is 0 Å². The van der Waals surface area contributed by atoms with Crippen molar-refractivity contribution in [3.05, 3.63) is 22.4 Å². The van der Waals surface area contributed by atoms with E-state index in [-0.39, 0.29) is 24.0 Å². The summed E-state index contributed by atoms with van der Waals surface area (Å²) in [5.41, 5.74) is -0.837. The first-order valence-corrected chi connectivity index (χ1v) is 6.35. The fraction of sp³-hybridized carbons (Fsp3) is 0.545. The maximum atomic E-state index is 10.3. The van der Waals surface area contributed by atoms with Gasteiger partial charge in [-0.3, -0.25) is 4.99 Å². The molecular weight excluding hydrogens is 349 g/mol. The molecule has 1 aliphatic heterocycles. The van der Waals surface area contributed by atoms with Gasteiger partial charge in [0.15, 0.2) is 5.96 Å². The molecule has 0 radical (unpaired) electrons. The number of aliphatic imine (C=N–C) groups is 1. The number of thiophene rings is 1. The molecule has 1 atom stereocenters. The number of guanidine groups is 1. The van der Waals surface area contributed by atoms with Crippen molar-refractivity contribution < 1.29 is 5.11 Å². The zero-order valence-electron chi connectivity index (χ0n) is 9.77. The van der Waals surface area contributed by atoms with Crippen molar-refractivity contribution in [2.75, 3.05) is 19.6 Å². The maximum absolute atomic E-state index is 10.3. The molecule has 0 bridgehead atoms. The lowest BCUT2D eigenvalue weighted by Gasteiger charge is -2.24. The maximum Gasteiger partial charge on any atom is 0.191 e. The van der Waals surface area contributed by atoms with Gasteiger partial charge in [-0.05, 0) is 24.8 Å². The molecule has 0 amide bonds. The molecule has 96 valence electrons. The minimum atomic E-state index is -0.837. The first kappa shape index (κ1) is 14.7. The first-order chi connectivity index (χ1) is 7.68. The van der Waals surface area contributed by atoms with E-state index in [0.717, 1.165) is 30.3 Å². The molecule has 0 aromatic carbocycles. The third-order valence-electron chi connectivity index (χ3n) is 2.55. The third-order valence-corrected chi connectivity index (χ3v) is 3.67. The molecular formula is C11H18IN3OS. The van der Waals surface area contributed by atoms with Crippen LogP contribution in [-0.2, 0) is 5.60 Å². The van der Waals surface area contributed by atoms with Crippen LogP contribution in [0.5, 0.6) is 0 Å². The van der Waals surface area contributed by atoms with Gasteiger partial charge in [-0.25, -0.2) is 0 Å². The second kappa shape index (κ2) is 6.55. The fourth-order valence-corrected chi connectivity index (χ4v) is 2.37. The molecule has 3 N–H and O–H groups in total. The first-order valence-electron chi connectivity index (χ1n) is 5.47. The van der Waals surface area contributed by atoms with E-state index in [1.807, 2.05) is 24.4 Å². The Hall–Kier alpha value is -0.340. The van der Waals surface area contributed by atoms with Gasteiger partial charge in [0.05, 0.1) is 6.54 Å². The Morgan fingerprint density at radius 2 is 2.47 bits per heavy atom. The number of nitrogens with zero attached hydrogens (tertiary/aromatic N) is 1. The summed E-state index contributed by atoms with van der Waals surface area (Å²) in [5.74, 6) is 0.795. The normalized spacial score (nSPS) is 18.4. The molecule has 0 saturated heterocycles. The van der Waals surface area contributed by atoms with E-state index < -0.39 is 5.60 Å². The average Bonchev–Trinajstić information content (AvgIpc) is 2.82. The van der Waals surface area contributed by atoms with E-state index in [9.17, 15) is 5.11 Å². The quantitative estimate of drug-likeness (QED) is 0.710. The highest BCUT2D eigenvalue weighted by atomic mass is 127. The second-order valence-electron chi connectivity index (χ2n) is 4.12. The van der Waals surface area contributed by atoms with Crippen LogP contribution in [0.15, 0.2) is 22.5 Å². The average molecular weight is 367 g/mol. The summed E-state index contributed by atoms with van der Waals surface area (Å²) in [5, 5.41) is 18.6. The van der Waals surface area contributed by atoms with Crippen LogP contribution in [0.25, 0.3) is 0 Å². The van der Waals surface area contributed by atoms with Gasteiger partial charge in [0.1, 0.15) is 5.60 Å². The Morgan fingerprint density at radius 1 is 1.65 bits per heavy atom. The molecule has 1 aliphatic rings. The van der Waals surface area contributed by atoms with Crippen LogP contribution in [0, 0.1) is 0 Å².